The lowest BCUT2D eigenvalue weighted by atomic mass is 10.2. The Hall–Kier alpha value is -2.29. The molecule has 1 heterocycles. The monoisotopic (exact) mass is 434 g/mol. The molecule has 2 aromatic carbocycles. The fourth-order valence-corrected chi connectivity index (χ4v) is 4.97. The van der Waals surface area contributed by atoms with Gasteiger partial charge in [-0.3, -0.25) is 0 Å². The fraction of sp³-hybridized carbons (Fsp3) is 0.455. The minimum atomic E-state index is -3.76. The number of hydrogen-bond donors (Lipinski definition) is 0. The molecule has 0 aromatic heterocycles. The van der Waals surface area contributed by atoms with Crippen LogP contribution in [-0.4, -0.2) is 60.3 Å². The van der Waals surface area contributed by atoms with E-state index in [9.17, 15) is 8.42 Å². The van der Waals surface area contributed by atoms with Crippen LogP contribution in [0.4, 0.5) is 5.69 Å². The predicted octanol–water partition coefficient (Wildman–Crippen LogP) is 3.14. The Bertz CT molecular complexity index is 939. The maximum atomic E-state index is 13.5. The summed E-state index contributed by atoms with van der Waals surface area (Å²) in [7, 11) is 3.19. The van der Waals surface area contributed by atoms with Crippen molar-refractivity contribution in [1.29, 1.82) is 0 Å². The Labute approximate surface area is 179 Å². The van der Waals surface area contributed by atoms with Crippen LogP contribution >= 0.6 is 0 Å². The van der Waals surface area contributed by atoms with Crippen molar-refractivity contribution in [2.45, 2.75) is 30.4 Å². The normalized spacial score (nSPS) is 16.6. The molecule has 0 saturated carbocycles. The van der Waals surface area contributed by atoms with Gasteiger partial charge >= 0.3 is 0 Å². The van der Waals surface area contributed by atoms with Crippen LogP contribution in [-0.2, 0) is 21.3 Å². The molecule has 0 amide bonds. The third kappa shape index (κ3) is 5.06. The minimum Gasteiger partial charge on any atom is -0.493 e. The SMILES string of the molecule is COc1ccc(S(=O)(=O)N(Cc2ccc(N(C)C)cc2)C[C@@H]2CCCO2)cc1OC. The molecule has 0 N–H and O–H groups in total. The van der Waals surface area contributed by atoms with Crippen LogP contribution in [0.3, 0.4) is 0 Å². The van der Waals surface area contributed by atoms with E-state index in [0.717, 1.165) is 24.1 Å². The lowest BCUT2D eigenvalue weighted by Crippen LogP contribution is -2.37. The first kappa shape index (κ1) is 22.4. The molecular weight excluding hydrogens is 404 g/mol. The van der Waals surface area contributed by atoms with Gasteiger partial charge in [-0.25, -0.2) is 8.42 Å². The van der Waals surface area contributed by atoms with E-state index >= 15 is 0 Å². The van der Waals surface area contributed by atoms with Gasteiger partial charge in [0.15, 0.2) is 11.5 Å². The van der Waals surface area contributed by atoms with Crippen molar-refractivity contribution in [3.05, 3.63) is 48.0 Å². The van der Waals surface area contributed by atoms with E-state index in [1.54, 1.807) is 12.1 Å². The number of methoxy groups -OCH3 is 2. The second kappa shape index (κ2) is 9.68. The van der Waals surface area contributed by atoms with Gasteiger partial charge in [-0.15, -0.1) is 0 Å². The summed E-state index contributed by atoms with van der Waals surface area (Å²) in [4.78, 5) is 2.18. The van der Waals surface area contributed by atoms with Crippen LogP contribution in [0.1, 0.15) is 18.4 Å². The van der Waals surface area contributed by atoms with Crippen molar-refractivity contribution < 1.29 is 22.6 Å². The summed E-state index contributed by atoms with van der Waals surface area (Å²) >= 11 is 0. The van der Waals surface area contributed by atoms with Crippen LogP contribution in [0.5, 0.6) is 11.5 Å². The molecule has 164 valence electrons. The Balaban J connectivity index is 1.91. The lowest BCUT2D eigenvalue weighted by molar-refractivity contribution is 0.0926. The van der Waals surface area contributed by atoms with E-state index in [0.29, 0.717) is 24.7 Å². The molecule has 1 fully saturated rings. The van der Waals surface area contributed by atoms with E-state index in [-0.39, 0.29) is 17.5 Å². The average Bonchev–Trinajstić information content (AvgIpc) is 3.26. The first-order chi connectivity index (χ1) is 14.3. The molecule has 3 rings (SSSR count). The highest BCUT2D eigenvalue weighted by atomic mass is 32.2. The summed E-state index contributed by atoms with van der Waals surface area (Å²) in [6, 6.07) is 12.6. The molecule has 0 aliphatic carbocycles. The average molecular weight is 435 g/mol. The maximum Gasteiger partial charge on any atom is 0.243 e. The molecule has 30 heavy (non-hydrogen) atoms. The largest absolute Gasteiger partial charge is 0.493 e. The summed E-state index contributed by atoms with van der Waals surface area (Å²) < 4.78 is 44.8. The molecule has 1 aliphatic heterocycles. The molecule has 1 aliphatic rings. The van der Waals surface area contributed by atoms with Gasteiger partial charge in [-0.1, -0.05) is 12.1 Å². The highest BCUT2D eigenvalue weighted by molar-refractivity contribution is 7.89. The van der Waals surface area contributed by atoms with Crippen molar-refractivity contribution in [2.24, 2.45) is 0 Å². The number of hydrogen-bond acceptors (Lipinski definition) is 6. The van der Waals surface area contributed by atoms with Gasteiger partial charge in [-0.05, 0) is 42.7 Å². The maximum absolute atomic E-state index is 13.5. The molecule has 0 bridgehead atoms. The van der Waals surface area contributed by atoms with E-state index in [1.165, 1.54) is 24.6 Å². The third-order valence-electron chi connectivity index (χ3n) is 5.24. The van der Waals surface area contributed by atoms with Gasteiger partial charge in [0.05, 0.1) is 25.2 Å². The van der Waals surface area contributed by atoms with Gasteiger partial charge in [0.1, 0.15) is 0 Å². The zero-order valence-electron chi connectivity index (χ0n) is 18.0. The Morgan fingerprint density at radius 3 is 2.30 bits per heavy atom. The van der Waals surface area contributed by atoms with Gasteiger partial charge < -0.3 is 19.1 Å². The molecule has 7 nitrogen and oxygen atoms in total. The van der Waals surface area contributed by atoms with E-state index in [1.807, 2.05) is 43.3 Å². The zero-order chi connectivity index (χ0) is 21.7. The number of sulfonamides is 1. The van der Waals surface area contributed by atoms with Crippen LogP contribution in [0.15, 0.2) is 47.4 Å². The number of anilines is 1. The predicted molar refractivity (Wildman–Crippen MR) is 117 cm³/mol. The molecule has 2 aromatic rings. The number of nitrogens with zero attached hydrogens (tertiary/aromatic N) is 2. The fourth-order valence-electron chi connectivity index (χ4n) is 3.49. The van der Waals surface area contributed by atoms with Crippen LogP contribution in [0.25, 0.3) is 0 Å². The summed E-state index contributed by atoms with van der Waals surface area (Å²) in [6.07, 6.45) is 1.71. The Morgan fingerprint density at radius 1 is 1.03 bits per heavy atom. The molecule has 1 saturated heterocycles. The van der Waals surface area contributed by atoms with Crippen LogP contribution in [0.2, 0.25) is 0 Å². The second-order valence-corrected chi connectivity index (χ2v) is 9.45. The minimum absolute atomic E-state index is 0.0963. The van der Waals surface area contributed by atoms with Crippen molar-refractivity contribution in [2.75, 3.05) is 46.4 Å². The van der Waals surface area contributed by atoms with Crippen LogP contribution < -0.4 is 14.4 Å². The zero-order valence-corrected chi connectivity index (χ0v) is 18.8. The molecule has 0 spiro atoms. The molecule has 0 unspecified atom stereocenters. The van der Waals surface area contributed by atoms with Crippen molar-refractivity contribution in [3.8, 4) is 11.5 Å². The highest BCUT2D eigenvalue weighted by Crippen LogP contribution is 2.31. The molecular formula is C22H30N2O5S. The Kier molecular flexibility index (Phi) is 7.23. The van der Waals surface area contributed by atoms with Gasteiger partial charge in [0.25, 0.3) is 0 Å². The van der Waals surface area contributed by atoms with Gasteiger partial charge in [0, 0.05) is 45.5 Å². The number of benzene rings is 2. The first-order valence-electron chi connectivity index (χ1n) is 9.95. The van der Waals surface area contributed by atoms with E-state index in [2.05, 4.69) is 0 Å². The summed E-state index contributed by atoms with van der Waals surface area (Å²) in [6.45, 7) is 1.25. The van der Waals surface area contributed by atoms with Crippen molar-refractivity contribution in [3.63, 3.8) is 0 Å². The van der Waals surface area contributed by atoms with Crippen molar-refractivity contribution in [1.82, 2.24) is 4.31 Å². The molecule has 1 atom stereocenters. The molecule has 8 heteroatoms. The molecule has 0 radical (unpaired) electrons. The van der Waals surface area contributed by atoms with E-state index < -0.39 is 10.0 Å². The van der Waals surface area contributed by atoms with Gasteiger partial charge in [0.2, 0.25) is 10.0 Å². The number of ether oxygens (including phenoxy) is 3. The van der Waals surface area contributed by atoms with E-state index in [4.69, 9.17) is 14.2 Å². The first-order valence-corrected chi connectivity index (χ1v) is 11.4. The summed E-state index contributed by atoms with van der Waals surface area (Å²) in [5.41, 5.74) is 1.98. The van der Waals surface area contributed by atoms with Crippen LogP contribution in [0, 0.1) is 0 Å². The standard InChI is InChI=1S/C22H30N2O5S/c1-23(2)18-9-7-17(8-10-18)15-24(16-19-6-5-13-29-19)30(25,26)20-11-12-21(27-3)22(14-20)28-4/h7-12,14,19H,5-6,13,15-16H2,1-4H3/t19-/m0/s1. The Morgan fingerprint density at radius 2 is 1.73 bits per heavy atom. The summed E-state index contributed by atoms with van der Waals surface area (Å²) in [5.74, 6) is 0.868. The number of rotatable bonds is 9. The quantitative estimate of drug-likeness (QED) is 0.604. The van der Waals surface area contributed by atoms with Crippen molar-refractivity contribution >= 4 is 15.7 Å². The highest BCUT2D eigenvalue weighted by Gasteiger charge is 2.30. The van der Waals surface area contributed by atoms with Gasteiger partial charge in [-0.2, -0.15) is 4.31 Å². The third-order valence-corrected chi connectivity index (χ3v) is 7.04. The summed E-state index contributed by atoms with van der Waals surface area (Å²) in [5, 5.41) is 0. The lowest BCUT2D eigenvalue weighted by Gasteiger charge is -2.25. The second-order valence-electron chi connectivity index (χ2n) is 7.51. The topological polar surface area (TPSA) is 68.3 Å². The smallest absolute Gasteiger partial charge is 0.243 e.